The maximum Gasteiger partial charge on any atom is 0.220 e. The van der Waals surface area contributed by atoms with Crippen molar-refractivity contribution in [3.63, 3.8) is 0 Å². The molecular formula is C23H27N5O. The average Bonchev–Trinajstić information content (AvgIpc) is 3.55. The molecule has 0 unspecified atom stereocenters. The molecule has 3 aromatic rings. The molecule has 6 nitrogen and oxygen atoms in total. The summed E-state index contributed by atoms with van der Waals surface area (Å²) < 4.78 is 0. The Bertz CT molecular complexity index is 1010. The topological polar surface area (TPSA) is 92.1 Å². The van der Waals surface area contributed by atoms with E-state index in [0.29, 0.717) is 31.2 Å². The SMILES string of the molecule is CNc1c(N)nc2ccccc2c1NCc1ccc(CNC(=O)CC2CC2)cc1. The molecule has 0 bridgehead atoms. The molecule has 1 amide bonds. The summed E-state index contributed by atoms with van der Waals surface area (Å²) in [6, 6.07) is 16.2. The zero-order chi connectivity index (χ0) is 20.2. The zero-order valence-electron chi connectivity index (χ0n) is 16.7. The standard InChI is InChI=1S/C23H27N5O/c1-25-22-21(18-4-2-3-5-19(18)28-23(22)24)27-14-17-10-8-16(9-11-17)13-26-20(29)12-15-6-7-15/h2-5,8-11,15,25H,6-7,12-14H2,1H3,(H,26,29)(H3,24,27,28). The maximum absolute atomic E-state index is 11.8. The molecule has 1 aliphatic carbocycles. The molecule has 1 heterocycles. The maximum atomic E-state index is 11.8. The number of rotatable bonds is 8. The Kier molecular flexibility index (Phi) is 5.51. The van der Waals surface area contributed by atoms with Gasteiger partial charge in [-0.1, -0.05) is 42.5 Å². The lowest BCUT2D eigenvalue weighted by Crippen LogP contribution is -2.22. The lowest BCUT2D eigenvalue weighted by atomic mass is 10.1. The molecule has 29 heavy (non-hydrogen) atoms. The molecule has 0 atom stereocenters. The smallest absolute Gasteiger partial charge is 0.220 e. The molecule has 6 heteroatoms. The lowest BCUT2D eigenvalue weighted by molar-refractivity contribution is -0.121. The highest BCUT2D eigenvalue weighted by molar-refractivity contribution is 6.01. The van der Waals surface area contributed by atoms with Crippen molar-refractivity contribution in [1.29, 1.82) is 0 Å². The minimum absolute atomic E-state index is 0.153. The molecule has 4 rings (SSSR count). The van der Waals surface area contributed by atoms with Gasteiger partial charge in [-0.25, -0.2) is 4.98 Å². The van der Waals surface area contributed by atoms with Crippen LogP contribution in [0.1, 0.15) is 30.4 Å². The van der Waals surface area contributed by atoms with Crippen molar-refractivity contribution in [2.75, 3.05) is 23.4 Å². The van der Waals surface area contributed by atoms with Gasteiger partial charge in [-0.3, -0.25) is 4.79 Å². The van der Waals surface area contributed by atoms with Gasteiger partial charge < -0.3 is 21.7 Å². The van der Waals surface area contributed by atoms with E-state index in [0.717, 1.165) is 33.4 Å². The van der Waals surface area contributed by atoms with Gasteiger partial charge in [0.1, 0.15) is 11.5 Å². The van der Waals surface area contributed by atoms with Gasteiger partial charge in [-0.2, -0.15) is 0 Å². The quantitative estimate of drug-likeness (QED) is 0.469. The van der Waals surface area contributed by atoms with Gasteiger partial charge in [-0.05, 0) is 36.0 Å². The van der Waals surface area contributed by atoms with Crippen LogP contribution in [0.25, 0.3) is 10.9 Å². The second-order valence-corrected chi connectivity index (χ2v) is 7.61. The minimum atomic E-state index is 0.153. The molecule has 0 aliphatic heterocycles. The molecule has 1 aliphatic rings. The number of aromatic nitrogens is 1. The number of benzene rings is 2. The van der Waals surface area contributed by atoms with Crippen LogP contribution in [-0.4, -0.2) is 17.9 Å². The summed E-state index contributed by atoms with van der Waals surface area (Å²) in [5, 5.41) is 10.7. The highest BCUT2D eigenvalue weighted by atomic mass is 16.1. The van der Waals surface area contributed by atoms with Crippen LogP contribution >= 0.6 is 0 Å². The van der Waals surface area contributed by atoms with Crippen LogP contribution in [0.2, 0.25) is 0 Å². The Hall–Kier alpha value is -3.28. The Labute approximate surface area is 170 Å². The Morgan fingerprint density at radius 2 is 1.72 bits per heavy atom. The number of anilines is 3. The van der Waals surface area contributed by atoms with Crippen LogP contribution in [0.3, 0.4) is 0 Å². The van der Waals surface area contributed by atoms with E-state index in [1.54, 1.807) is 0 Å². The number of hydrogen-bond donors (Lipinski definition) is 4. The predicted octanol–water partition coefficient (Wildman–Crippen LogP) is 3.89. The van der Waals surface area contributed by atoms with E-state index in [1.165, 1.54) is 12.8 Å². The van der Waals surface area contributed by atoms with E-state index < -0.39 is 0 Å². The number of nitrogens with two attached hydrogens (primary N) is 1. The fourth-order valence-corrected chi connectivity index (χ4v) is 3.49. The van der Waals surface area contributed by atoms with Gasteiger partial charge in [-0.15, -0.1) is 0 Å². The molecule has 5 N–H and O–H groups in total. The second kappa shape index (κ2) is 8.39. The van der Waals surface area contributed by atoms with Crippen molar-refractivity contribution in [2.45, 2.75) is 32.4 Å². The first-order valence-corrected chi connectivity index (χ1v) is 10.1. The zero-order valence-corrected chi connectivity index (χ0v) is 16.7. The van der Waals surface area contributed by atoms with Crippen LogP contribution in [-0.2, 0) is 17.9 Å². The average molecular weight is 390 g/mol. The molecule has 0 saturated heterocycles. The number of carbonyl (C=O) groups is 1. The van der Waals surface area contributed by atoms with Gasteiger partial charge in [0.25, 0.3) is 0 Å². The van der Waals surface area contributed by atoms with Crippen LogP contribution in [0.15, 0.2) is 48.5 Å². The Morgan fingerprint density at radius 1 is 1.03 bits per heavy atom. The van der Waals surface area contributed by atoms with E-state index in [9.17, 15) is 4.79 Å². The summed E-state index contributed by atoms with van der Waals surface area (Å²) >= 11 is 0. The number of amides is 1. The highest BCUT2D eigenvalue weighted by Crippen LogP contribution is 2.34. The lowest BCUT2D eigenvalue weighted by Gasteiger charge is -2.16. The van der Waals surface area contributed by atoms with E-state index in [1.807, 2.05) is 31.3 Å². The molecule has 1 saturated carbocycles. The van der Waals surface area contributed by atoms with Crippen molar-refractivity contribution < 1.29 is 4.79 Å². The summed E-state index contributed by atoms with van der Waals surface area (Å²) in [6.07, 6.45) is 3.06. The fraction of sp³-hybridized carbons (Fsp3) is 0.304. The third kappa shape index (κ3) is 4.59. The van der Waals surface area contributed by atoms with Crippen LogP contribution < -0.4 is 21.7 Å². The number of nitrogen functional groups attached to an aromatic ring is 1. The largest absolute Gasteiger partial charge is 0.383 e. The monoisotopic (exact) mass is 389 g/mol. The summed E-state index contributed by atoms with van der Waals surface area (Å²) in [7, 11) is 1.85. The van der Waals surface area contributed by atoms with Crippen LogP contribution in [0.4, 0.5) is 17.2 Å². The van der Waals surface area contributed by atoms with Gasteiger partial charge in [0.2, 0.25) is 5.91 Å². The van der Waals surface area contributed by atoms with Crippen molar-refractivity contribution in [1.82, 2.24) is 10.3 Å². The number of hydrogen-bond acceptors (Lipinski definition) is 5. The number of para-hydroxylation sites is 1. The molecule has 0 spiro atoms. The third-order valence-corrected chi connectivity index (χ3v) is 5.32. The van der Waals surface area contributed by atoms with Gasteiger partial charge in [0.15, 0.2) is 0 Å². The first-order valence-electron chi connectivity index (χ1n) is 10.1. The predicted molar refractivity (Wildman–Crippen MR) is 119 cm³/mol. The number of fused-ring (bicyclic) bond motifs is 1. The summed E-state index contributed by atoms with van der Waals surface area (Å²) in [6.45, 7) is 1.24. The molecule has 0 radical (unpaired) electrons. The van der Waals surface area contributed by atoms with Crippen molar-refractivity contribution >= 4 is 34.0 Å². The van der Waals surface area contributed by atoms with E-state index in [-0.39, 0.29) is 5.91 Å². The molecule has 150 valence electrons. The molecular weight excluding hydrogens is 362 g/mol. The Balaban J connectivity index is 1.42. The van der Waals surface area contributed by atoms with Gasteiger partial charge >= 0.3 is 0 Å². The minimum Gasteiger partial charge on any atom is -0.383 e. The molecule has 1 aromatic heterocycles. The van der Waals surface area contributed by atoms with Crippen LogP contribution in [0.5, 0.6) is 0 Å². The molecule has 2 aromatic carbocycles. The first kappa shape index (κ1) is 19.1. The first-order chi connectivity index (χ1) is 14.1. The number of nitrogens with zero attached hydrogens (tertiary/aromatic N) is 1. The van der Waals surface area contributed by atoms with Crippen molar-refractivity contribution in [3.05, 3.63) is 59.7 Å². The number of pyridine rings is 1. The van der Waals surface area contributed by atoms with E-state index in [4.69, 9.17) is 5.73 Å². The van der Waals surface area contributed by atoms with Crippen molar-refractivity contribution in [3.8, 4) is 0 Å². The normalized spacial score (nSPS) is 13.3. The van der Waals surface area contributed by atoms with E-state index in [2.05, 4.69) is 45.2 Å². The summed E-state index contributed by atoms with van der Waals surface area (Å²) in [5.41, 5.74) is 11.0. The number of carbonyl (C=O) groups excluding carboxylic acids is 1. The summed E-state index contributed by atoms with van der Waals surface area (Å²) in [5.74, 6) is 1.25. The van der Waals surface area contributed by atoms with Crippen molar-refractivity contribution in [2.24, 2.45) is 5.92 Å². The fourth-order valence-electron chi connectivity index (χ4n) is 3.49. The van der Waals surface area contributed by atoms with Gasteiger partial charge in [0.05, 0.1) is 11.2 Å². The van der Waals surface area contributed by atoms with Crippen LogP contribution in [0, 0.1) is 5.92 Å². The molecule has 1 fully saturated rings. The third-order valence-electron chi connectivity index (χ3n) is 5.32. The number of nitrogens with one attached hydrogen (secondary N) is 3. The summed E-state index contributed by atoms with van der Waals surface area (Å²) in [4.78, 5) is 16.3. The van der Waals surface area contributed by atoms with E-state index >= 15 is 0 Å². The Morgan fingerprint density at radius 3 is 2.41 bits per heavy atom. The highest BCUT2D eigenvalue weighted by Gasteiger charge is 2.24. The second-order valence-electron chi connectivity index (χ2n) is 7.61. The van der Waals surface area contributed by atoms with Gasteiger partial charge in [0, 0.05) is 31.9 Å².